The van der Waals surface area contributed by atoms with Crippen molar-refractivity contribution in [3.63, 3.8) is 0 Å². The van der Waals surface area contributed by atoms with Crippen LogP contribution in [0.1, 0.15) is 29.9 Å². The molecule has 2 atom stereocenters. The molecule has 0 spiro atoms. The van der Waals surface area contributed by atoms with Crippen molar-refractivity contribution in [3.05, 3.63) is 65.1 Å². The third kappa shape index (κ3) is 3.76. The lowest BCUT2D eigenvalue weighted by molar-refractivity contribution is 0.574. The van der Waals surface area contributed by atoms with Gasteiger partial charge in [0.25, 0.3) is 0 Å². The molecule has 0 aliphatic rings. The Balaban J connectivity index is 1.73. The Bertz CT molecular complexity index is 781. The minimum absolute atomic E-state index is 0.141. The van der Waals surface area contributed by atoms with Crippen LogP contribution < -0.4 is 0 Å². The van der Waals surface area contributed by atoms with Crippen molar-refractivity contribution in [2.45, 2.75) is 24.3 Å². The predicted molar refractivity (Wildman–Crippen MR) is 91.1 cm³/mol. The maximum absolute atomic E-state index is 13.0. The number of nitrogens with zero attached hydrogens (tertiary/aromatic N) is 1. The number of halogens is 1. The third-order valence-electron chi connectivity index (χ3n) is 3.50. The Morgan fingerprint density at radius 2 is 2.09 bits per heavy atom. The Hall–Kier alpha value is -1.79. The molecule has 3 rings (SSSR count). The Morgan fingerprint density at radius 3 is 2.74 bits per heavy atom. The molecule has 0 aliphatic carbocycles. The van der Waals surface area contributed by atoms with Crippen LogP contribution in [-0.4, -0.2) is 9.19 Å². The van der Waals surface area contributed by atoms with Crippen molar-refractivity contribution >= 4 is 22.1 Å². The normalized spacial score (nSPS) is 13.8. The molecule has 3 nitrogen and oxygen atoms in total. The number of hydrogen-bond acceptors (Lipinski definition) is 4. The van der Waals surface area contributed by atoms with E-state index in [4.69, 9.17) is 4.42 Å². The van der Waals surface area contributed by atoms with Crippen molar-refractivity contribution in [2.24, 2.45) is 0 Å². The molecule has 0 amide bonds. The Labute approximate surface area is 140 Å². The van der Waals surface area contributed by atoms with Gasteiger partial charge in [-0.05, 0) is 35.6 Å². The minimum atomic E-state index is -1.14. The molecule has 23 heavy (non-hydrogen) atoms. The van der Waals surface area contributed by atoms with Gasteiger partial charge in [-0.3, -0.25) is 4.21 Å². The smallest absolute Gasteiger partial charge is 0.236 e. The van der Waals surface area contributed by atoms with Crippen LogP contribution in [0.15, 0.2) is 52.5 Å². The molecule has 3 aromatic rings. The molecule has 0 aliphatic heterocycles. The van der Waals surface area contributed by atoms with Crippen molar-refractivity contribution in [1.29, 1.82) is 0 Å². The second kappa shape index (κ2) is 7.19. The van der Waals surface area contributed by atoms with E-state index in [1.54, 1.807) is 29.7 Å². The third-order valence-corrected chi connectivity index (χ3v) is 6.18. The highest BCUT2D eigenvalue weighted by molar-refractivity contribution is 7.84. The lowest BCUT2D eigenvalue weighted by Crippen LogP contribution is -2.08. The fourth-order valence-corrected chi connectivity index (χ4v) is 4.50. The molecular formula is C17H16FNO2S2. The number of aromatic nitrogens is 1. The van der Waals surface area contributed by atoms with Gasteiger partial charge in [-0.15, -0.1) is 11.3 Å². The molecule has 0 saturated heterocycles. The van der Waals surface area contributed by atoms with Crippen molar-refractivity contribution in [3.8, 4) is 10.8 Å². The summed E-state index contributed by atoms with van der Waals surface area (Å²) in [5, 5.41) is 1.82. The molecule has 1 aromatic carbocycles. The maximum Gasteiger partial charge on any atom is 0.236 e. The quantitative estimate of drug-likeness (QED) is 0.633. The van der Waals surface area contributed by atoms with E-state index in [0.29, 0.717) is 23.8 Å². The van der Waals surface area contributed by atoms with Gasteiger partial charge in [0.05, 0.1) is 21.6 Å². The first-order valence-electron chi connectivity index (χ1n) is 7.28. The zero-order valence-electron chi connectivity index (χ0n) is 12.6. The van der Waals surface area contributed by atoms with Crippen LogP contribution in [0.4, 0.5) is 4.39 Å². The Morgan fingerprint density at radius 1 is 1.30 bits per heavy atom. The zero-order chi connectivity index (χ0) is 16.2. The molecule has 2 unspecified atom stereocenters. The second-order valence-electron chi connectivity index (χ2n) is 5.09. The van der Waals surface area contributed by atoms with Crippen molar-refractivity contribution < 1.29 is 13.0 Å². The van der Waals surface area contributed by atoms with Gasteiger partial charge in [0.15, 0.2) is 0 Å². The highest BCUT2D eigenvalue weighted by Gasteiger charge is 2.19. The van der Waals surface area contributed by atoms with Gasteiger partial charge in [0.2, 0.25) is 5.89 Å². The van der Waals surface area contributed by atoms with Crippen LogP contribution in [0.25, 0.3) is 10.8 Å². The predicted octanol–water partition coefficient (Wildman–Crippen LogP) is 4.94. The summed E-state index contributed by atoms with van der Waals surface area (Å²) >= 11 is 1.55. The fraction of sp³-hybridized carbons (Fsp3) is 0.235. The fourth-order valence-electron chi connectivity index (χ4n) is 2.38. The van der Waals surface area contributed by atoms with E-state index < -0.39 is 10.8 Å². The average Bonchev–Trinajstić information content (AvgIpc) is 3.21. The van der Waals surface area contributed by atoms with Crippen LogP contribution >= 0.6 is 11.3 Å². The summed E-state index contributed by atoms with van der Waals surface area (Å²) < 4.78 is 31.2. The molecule has 0 fully saturated rings. The molecular weight excluding hydrogens is 333 g/mol. The summed E-state index contributed by atoms with van der Waals surface area (Å²) in [7, 11) is -1.14. The summed E-state index contributed by atoms with van der Waals surface area (Å²) in [5.74, 6) is 0.596. The van der Waals surface area contributed by atoms with E-state index in [1.165, 1.54) is 12.1 Å². The lowest BCUT2D eigenvalue weighted by atomic mass is 10.1. The van der Waals surface area contributed by atoms with Gasteiger partial charge in [0.1, 0.15) is 12.1 Å². The molecule has 120 valence electrons. The number of oxazole rings is 1. The topological polar surface area (TPSA) is 43.1 Å². The number of thiophene rings is 1. The standard InChI is InChI=1S/C17H16FNO2S2/c1-2-16(12-5-7-13(18)8-6-12)23(20)11-14-10-21-17(19-14)15-4-3-9-22-15/h3-10,16H,2,11H2,1H3. The summed E-state index contributed by atoms with van der Waals surface area (Å²) in [4.78, 5) is 5.36. The monoisotopic (exact) mass is 349 g/mol. The van der Waals surface area contributed by atoms with Crippen LogP contribution in [0.3, 0.4) is 0 Å². The van der Waals surface area contributed by atoms with Crippen molar-refractivity contribution in [1.82, 2.24) is 4.98 Å². The van der Waals surface area contributed by atoms with Crippen LogP contribution in [0.5, 0.6) is 0 Å². The zero-order valence-corrected chi connectivity index (χ0v) is 14.2. The van der Waals surface area contributed by atoms with Gasteiger partial charge in [-0.1, -0.05) is 25.1 Å². The molecule has 0 bridgehead atoms. The number of rotatable bonds is 6. The molecule has 0 saturated carbocycles. The molecule has 2 aromatic heterocycles. The van der Waals surface area contributed by atoms with Crippen LogP contribution in [-0.2, 0) is 16.6 Å². The second-order valence-corrected chi connectivity index (χ2v) is 7.66. The van der Waals surface area contributed by atoms with Gasteiger partial charge in [0, 0.05) is 10.8 Å². The highest BCUT2D eigenvalue weighted by atomic mass is 32.2. The van der Waals surface area contributed by atoms with Gasteiger partial charge in [-0.25, -0.2) is 9.37 Å². The first-order valence-corrected chi connectivity index (χ1v) is 9.54. The lowest BCUT2D eigenvalue weighted by Gasteiger charge is -2.14. The molecule has 0 radical (unpaired) electrons. The minimum Gasteiger partial charge on any atom is -0.444 e. The van der Waals surface area contributed by atoms with Crippen molar-refractivity contribution in [2.75, 3.05) is 0 Å². The van der Waals surface area contributed by atoms with Crippen LogP contribution in [0, 0.1) is 5.82 Å². The average molecular weight is 349 g/mol. The van der Waals surface area contributed by atoms with E-state index in [1.807, 2.05) is 24.4 Å². The van der Waals surface area contributed by atoms with E-state index >= 15 is 0 Å². The highest BCUT2D eigenvalue weighted by Crippen LogP contribution is 2.28. The number of benzene rings is 1. The van der Waals surface area contributed by atoms with E-state index in [9.17, 15) is 8.60 Å². The summed E-state index contributed by atoms with van der Waals surface area (Å²) in [6.45, 7) is 1.98. The van der Waals surface area contributed by atoms with E-state index in [0.717, 1.165) is 10.4 Å². The van der Waals surface area contributed by atoms with Gasteiger partial charge >= 0.3 is 0 Å². The number of hydrogen-bond donors (Lipinski definition) is 0. The van der Waals surface area contributed by atoms with Crippen LogP contribution in [0.2, 0.25) is 0 Å². The summed E-state index contributed by atoms with van der Waals surface area (Å²) in [6.07, 6.45) is 2.28. The summed E-state index contributed by atoms with van der Waals surface area (Å²) in [5.41, 5.74) is 1.56. The molecule has 6 heteroatoms. The van der Waals surface area contributed by atoms with E-state index in [-0.39, 0.29) is 11.1 Å². The summed E-state index contributed by atoms with van der Waals surface area (Å²) in [6, 6.07) is 10.1. The Kier molecular flexibility index (Phi) is 5.03. The first kappa shape index (κ1) is 16.1. The van der Waals surface area contributed by atoms with E-state index in [2.05, 4.69) is 4.98 Å². The maximum atomic E-state index is 13.0. The molecule has 0 N–H and O–H groups in total. The first-order chi connectivity index (χ1) is 11.2. The van der Waals surface area contributed by atoms with Gasteiger partial charge < -0.3 is 4.42 Å². The SMILES string of the molecule is CCC(c1ccc(F)cc1)S(=O)Cc1coc(-c2cccs2)n1. The largest absolute Gasteiger partial charge is 0.444 e. The molecule has 2 heterocycles. The van der Waals surface area contributed by atoms with Gasteiger partial charge in [-0.2, -0.15) is 0 Å².